The second-order valence-corrected chi connectivity index (χ2v) is 9.62. The fraction of sp³-hybridized carbons (Fsp3) is 0.167. The molecular weight excluding hydrogens is 436 g/mol. The number of halogens is 1. The Morgan fingerprint density at radius 1 is 1.14 bits per heavy atom. The first-order valence-corrected chi connectivity index (χ1v) is 11.5. The van der Waals surface area contributed by atoms with Gasteiger partial charge in [0.05, 0.1) is 10.8 Å². The van der Waals surface area contributed by atoms with Crippen LogP contribution in [0, 0.1) is 6.92 Å². The molecule has 0 spiro atoms. The van der Waals surface area contributed by atoms with E-state index < -0.39 is 16.2 Å². The van der Waals surface area contributed by atoms with Crippen LogP contribution >= 0.6 is 35.6 Å². The smallest absolute Gasteiger partial charge is 0.229 e. The molecule has 0 aromatic heterocycles. The Balaban J connectivity index is 1.86. The Morgan fingerprint density at radius 3 is 2.46 bits per heavy atom. The summed E-state index contributed by atoms with van der Waals surface area (Å²) in [7, 11) is -3.96. The molecule has 0 saturated carbocycles. The number of sulfonamides is 1. The molecule has 2 heterocycles. The van der Waals surface area contributed by atoms with Crippen LogP contribution < -0.4 is 0 Å². The number of thiocarbonyl (C=S) groups is 1. The first-order valence-electron chi connectivity index (χ1n) is 8.31. The number of nitrogens with zero attached hydrogens (tertiary/aromatic N) is 4. The van der Waals surface area contributed by atoms with Crippen molar-refractivity contribution in [3.8, 4) is 0 Å². The number of amidine groups is 1. The van der Waals surface area contributed by atoms with Crippen molar-refractivity contribution in [1.82, 2.24) is 9.31 Å². The van der Waals surface area contributed by atoms with Crippen LogP contribution in [0.1, 0.15) is 17.3 Å². The van der Waals surface area contributed by atoms with Gasteiger partial charge in [0.1, 0.15) is 5.04 Å². The van der Waals surface area contributed by atoms with Crippen molar-refractivity contribution in [3.05, 3.63) is 65.7 Å². The molecule has 2 aliphatic heterocycles. The molecule has 0 fully saturated rings. The lowest BCUT2D eigenvalue weighted by atomic mass is 10.2. The van der Waals surface area contributed by atoms with Gasteiger partial charge in [-0.05, 0) is 48.6 Å². The number of rotatable bonds is 4. The van der Waals surface area contributed by atoms with Gasteiger partial charge in [-0.15, -0.1) is 11.6 Å². The number of thioether (sulfide) groups is 1. The summed E-state index contributed by atoms with van der Waals surface area (Å²) in [6, 6.07) is 15.8. The van der Waals surface area contributed by atoms with Crippen LogP contribution in [0.4, 0.5) is 0 Å². The number of hydrogen-bond acceptors (Lipinski definition) is 6. The van der Waals surface area contributed by atoms with E-state index in [2.05, 4.69) is 10.1 Å². The Morgan fingerprint density at radius 2 is 1.82 bits per heavy atom. The van der Waals surface area contributed by atoms with E-state index in [0.717, 1.165) is 9.87 Å². The number of benzene rings is 2. The van der Waals surface area contributed by atoms with E-state index in [-0.39, 0.29) is 15.9 Å². The monoisotopic (exact) mass is 450 g/mol. The molecule has 2 aromatic rings. The highest BCUT2D eigenvalue weighted by atomic mass is 35.5. The van der Waals surface area contributed by atoms with Gasteiger partial charge in [0.2, 0.25) is 5.11 Å². The summed E-state index contributed by atoms with van der Waals surface area (Å²) < 4.78 is 28.1. The van der Waals surface area contributed by atoms with Crippen molar-refractivity contribution >= 4 is 60.9 Å². The molecule has 4 rings (SSSR count). The minimum absolute atomic E-state index is 0.0482. The maximum absolute atomic E-state index is 13.5. The lowest BCUT2D eigenvalue weighted by Crippen LogP contribution is -2.49. The van der Waals surface area contributed by atoms with Crippen LogP contribution in [-0.4, -0.2) is 38.9 Å². The molecule has 2 aromatic carbocycles. The number of fused-ring (bicyclic) bond motifs is 1. The number of hydrazone groups is 1. The van der Waals surface area contributed by atoms with Gasteiger partial charge in [0, 0.05) is 0 Å². The third-order valence-corrected chi connectivity index (χ3v) is 7.79. The summed E-state index contributed by atoms with van der Waals surface area (Å²) in [5, 5.41) is 6.86. The normalized spacial score (nSPS) is 19.4. The lowest BCUT2D eigenvalue weighted by molar-refractivity contribution is 0.399. The highest BCUT2D eigenvalue weighted by Crippen LogP contribution is 2.38. The van der Waals surface area contributed by atoms with E-state index in [1.807, 2.05) is 37.3 Å². The number of aliphatic imine (C=N–C) groups is 1. The van der Waals surface area contributed by atoms with Gasteiger partial charge in [-0.1, -0.05) is 48.0 Å². The van der Waals surface area contributed by atoms with Gasteiger partial charge in [-0.3, -0.25) is 0 Å². The number of aryl methyl sites for hydroxylation is 1. The van der Waals surface area contributed by atoms with Crippen molar-refractivity contribution in [2.24, 2.45) is 10.1 Å². The van der Waals surface area contributed by atoms with E-state index in [0.29, 0.717) is 15.8 Å². The molecule has 0 aliphatic carbocycles. The van der Waals surface area contributed by atoms with Crippen LogP contribution in [0.25, 0.3) is 0 Å². The summed E-state index contributed by atoms with van der Waals surface area (Å²) in [5.74, 6) is 0.198. The standard InChI is InChI=1S/C18H15ClN4O2S3/c1-12-7-9-14(10-8-12)28(24,25)23-16(13-5-3-2-4-6-13)20-17-22(18(23)26)21-15(11-19)27-17/h2-10,16H,11H2,1H3. The Bertz CT molecular complexity index is 1090. The fourth-order valence-corrected chi connectivity index (χ4v) is 5.80. The number of hydrogen-bond donors (Lipinski definition) is 0. The molecule has 1 unspecified atom stereocenters. The highest BCUT2D eigenvalue weighted by Gasteiger charge is 2.44. The molecule has 6 nitrogen and oxygen atoms in total. The van der Waals surface area contributed by atoms with Gasteiger partial charge in [0.25, 0.3) is 10.0 Å². The third kappa shape index (κ3) is 3.32. The minimum atomic E-state index is -3.96. The molecule has 0 N–H and O–H groups in total. The van der Waals surface area contributed by atoms with Crippen molar-refractivity contribution in [2.75, 3.05) is 5.88 Å². The molecule has 1 atom stereocenters. The molecule has 0 bridgehead atoms. The Kier molecular flexibility index (Phi) is 5.17. The van der Waals surface area contributed by atoms with Crippen molar-refractivity contribution in [1.29, 1.82) is 0 Å². The van der Waals surface area contributed by atoms with Crippen LogP contribution in [0.3, 0.4) is 0 Å². The zero-order valence-corrected chi connectivity index (χ0v) is 17.9. The summed E-state index contributed by atoms with van der Waals surface area (Å²) in [5.41, 5.74) is 1.68. The highest BCUT2D eigenvalue weighted by molar-refractivity contribution is 8.27. The zero-order valence-electron chi connectivity index (χ0n) is 14.7. The van der Waals surface area contributed by atoms with Crippen LogP contribution in [0.5, 0.6) is 0 Å². The third-order valence-electron chi connectivity index (χ3n) is 4.22. The predicted molar refractivity (Wildman–Crippen MR) is 117 cm³/mol. The lowest BCUT2D eigenvalue weighted by Gasteiger charge is -2.36. The van der Waals surface area contributed by atoms with Gasteiger partial charge in [-0.2, -0.15) is 10.1 Å². The van der Waals surface area contributed by atoms with Crippen molar-refractivity contribution in [3.63, 3.8) is 0 Å². The second kappa shape index (κ2) is 7.47. The largest absolute Gasteiger partial charge is 0.268 e. The average molecular weight is 451 g/mol. The maximum atomic E-state index is 13.5. The quantitative estimate of drug-likeness (QED) is 0.521. The maximum Gasteiger partial charge on any atom is 0.268 e. The Labute approximate surface area is 177 Å². The molecule has 0 amide bonds. The van der Waals surface area contributed by atoms with Crippen LogP contribution in [-0.2, 0) is 10.0 Å². The summed E-state index contributed by atoms with van der Waals surface area (Å²) in [4.78, 5) is 4.79. The van der Waals surface area contributed by atoms with E-state index in [9.17, 15) is 8.42 Å². The van der Waals surface area contributed by atoms with Gasteiger partial charge in [-0.25, -0.2) is 17.7 Å². The molecule has 0 saturated heterocycles. The molecule has 28 heavy (non-hydrogen) atoms. The molecule has 144 valence electrons. The SMILES string of the molecule is Cc1ccc(S(=O)(=O)N2C(=S)N3N=C(CCl)SC3=NC2c2ccccc2)cc1. The minimum Gasteiger partial charge on any atom is -0.229 e. The number of alkyl halides is 1. The summed E-state index contributed by atoms with van der Waals surface area (Å²) in [6.07, 6.45) is -0.816. The van der Waals surface area contributed by atoms with Crippen LogP contribution in [0.15, 0.2) is 69.6 Å². The molecule has 2 aliphatic rings. The van der Waals surface area contributed by atoms with E-state index in [4.69, 9.17) is 23.8 Å². The first-order chi connectivity index (χ1) is 13.4. The van der Waals surface area contributed by atoms with Crippen molar-refractivity contribution < 1.29 is 8.42 Å². The summed E-state index contributed by atoms with van der Waals surface area (Å²) >= 11 is 12.7. The topological polar surface area (TPSA) is 65.3 Å². The molecular formula is C18H15ClN4O2S3. The average Bonchev–Trinajstić information content (AvgIpc) is 3.12. The zero-order chi connectivity index (χ0) is 19.9. The van der Waals surface area contributed by atoms with Gasteiger partial charge < -0.3 is 0 Å². The van der Waals surface area contributed by atoms with E-state index in [1.165, 1.54) is 16.8 Å². The van der Waals surface area contributed by atoms with Crippen LogP contribution in [0.2, 0.25) is 0 Å². The van der Waals surface area contributed by atoms with E-state index in [1.54, 1.807) is 24.3 Å². The predicted octanol–water partition coefficient (Wildman–Crippen LogP) is 3.94. The fourth-order valence-electron chi connectivity index (χ4n) is 2.83. The Hall–Kier alpha value is -1.94. The first kappa shape index (κ1) is 19.4. The molecule has 10 heteroatoms. The molecule has 0 radical (unpaired) electrons. The van der Waals surface area contributed by atoms with Crippen molar-refractivity contribution in [2.45, 2.75) is 18.0 Å². The second-order valence-electron chi connectivity index (χ2n) is 6.13. The van der Waals surface area contributed by atoms with E-state index >= 15 is 0 Å². The van der Waals surface area contributed by atoms with Gasteiger partial charge >= 0.3 is 0 Å². The van der Waals surface area contributed by atoms with Gasteiger partial charge in [0.15, 0.2) is 11.3 Å². The summed E-state index contributed by atoms with van der Waals surface area (Å²) in [6.45, 7) is 1.90.